The number of ether oxygens (including phenoxy) is 1. The molecule has 1 aliphatic rings. The Labute approximate surface area is 116 Å². The minimum atomic E-state index is -0.693. The van der Waals surface area contributed by atoms with Gasteiger partial charge in [-0.1, -0.05) is 35.8 Å². The fourth-order valence-corrected chi connectivity index (χ4v) is 3.37. The lowest BCUT2D eigenvalue weighted by Gasteiger charge is -2.32. The Morgan fingerprint density at radius 3 is 2.72 bits per heavy atom. The quantitative estimate of drug-likeness (QED) is 0.919. The first-order valence-corrected chi connectivity index (χ1v) is 7.06. The zero-order valence-corrected chi connectivity index (χ0v) is 12.3. The lowest BCUT2D eigenvalue weighted by molar-refractivity contribution is 0.0140. The molecule has 0 bridgehead atoms. The Bertz CT molecular complexity index is 469. The molecule has 1 unspecified atom stereocenters. The van der Waals surface area contributed by atoms with Gasteiger partial charge < -0.3 is 10.5 Å². The largest absolute Gasteiger partial charge is 0.441 e. The van der Waals surface area contributed by atoms with Crippen LogP contribution in [0, 0.1) is 5.41 Å². The summed E-state index contributed by atoms with van der Waals surface area (Å²) in [6.45, 7) is 4.28. The van der Waals surface area contributed by atoms with E-state index in [1.165, 1.54) is 5.56 Å². The number of hydrogen-bond acceptors (Lipinski definition) is 2. The first-order valence-electron chi connectivity index (χ1n) is 6.27. The van der Waals surface area contributed by atoms with Crippen LogP contribution in [-0.2, 0) is 11.2 Å². The molecule has 4 heteroatoms. The molecule has 1 aromatic carbocycles. The summed E-state index contributed by atoms with van der Waals surface area (Å²) in [5.74, 6) is 0. The molecule has 0 aliphatic heterocycles. The summed E-state index contributed by atoms with van der Waals surface area (Å²) in [5.41, 5.74) is 7.55. The van der Waals surface area contributed by atoms with E-state index in [0.717, 1.165) is 29.3 Å². The van der Waals surface area contributed by atoms with Crippen molar-refractivity contribution in [3.63, 3.8) is 0 Å². The molecule has 0 fully saturated rings. The van der Waals surface area contributed by atoms with Gasteiger partial charge in [-0.3, -0.25) is 0 Å². The highest BCUT2D eigenvalue weighted by atomic mass is 79.9. The molecule has 1 aromatic rings. The van der Waals surface area contributed by atoms with Crippen molar-refractivity contribution in [2.75, 3.05) is 0 Å². The average molecular weight is 312 g/mol. The number of hydrogen-bond donors (Lipinski definition) is 1. The zero-order valence-electron chi connectivity index (χ0n) is 10.7. The number of amides is 1. The van der Waals surface area contributed by atoms with E-state index in [4.69, 9.17) is 10.5 Å². The minimum absolute atomic E-state index is 0.0157. The van der Waals surface area contributed by atoms with Crippen LogP contribution in [0.3, 0.4) is 0 Å². The molecule has 0 saturated heterocycles. The summed E-state index contributed by atoms with van der Waals surface area (Å²) in [6, 6.07) is 6.12. The molecular formula is C14H18BrNO2. The molecule has 1 amide bonds. The zero-order chi connectivity index (χ0) is 13.3. The van der Waals surface area contributed by atoms with Crippen molar-refractivity contribution in [3.05, 3.63) is 33.8 Å². The van der Waals surface area contributed by atoms with E-state index in [1.807, 2.05) is 12.1 Å². The van der Waals surface area contributed by atoms with Gasteiger partial charge in [0.1, 0.15) is 6.10 Å². The number of halogens is 1. The van der Waals surface area contributed by atoms with Crippen molar-refractivity contribution >= 4 is 22.0 Å². The average Bonchev–Trinajstić information content (AvgIpc) is 2.62. The summed E-state index contributed by atoms with van der Waals surface area (Å²) >= 11 is 3.48. The fourth-order valence-electron chi connectivity index (χ4n) is 2.96. The Kier molecular flexibility index (Phi) is 3.66. The Hall–Kier alpha value is -1.03. The van der Waals surface area contributed by atoms with E-state index >= 15 is 0 Å². The molecule has 0 aromatic heterocycles. The first-order chi connectivity index (χ1) is 8.52. The number of fused-ring (bicyclic) bond motifs is 1. The Balaban J connectivity index is 2.46. The van der Waals surface area contributed by atoms with Crippen molar-refractivity contribution in [2.45, 2.75) is 39.2 Å². The summed E-state index contributed by atoms with van der Waals surface area (Å²) < 4.78 is 6.46. The van der Waals surface area contributed by atoms with Gasteiger partial charge in [-0.25, -0.2) is 4.79 Å². The molecule has 3 nitrogen and oxygen atoms in total. The van der Waals surface area contributed by atoms with Crippen molar-refractivity contribution in [1.29, 1.82) is 0 Å². The monoisotopic (exact) mass is 311 g/mol. The van der Waals surface area contributed by atoms with Gasteiger partial charge in [-0.2, -0.15) is 0 Å². The van der Waals surface area contributed by atoms with E-state index in [1.54, 1.807) is 0 Å². The first kappa shape index (κ1) is 13.4. The van der Waals surface area contributed by atoms with Crippen LogP contribution in [0.2, 0.25) is 0 Å². The number of carbonyl (C=O) groups is 1. The molecule has 0 heterocycles. The van der Waals surface area contributed by atoms with E-state index in [9.17, 15) is 4.79 Å². The number of benzene rings is 1. The molecule has 0 radical (unpaired) electrons. The lowest BCUT2D eigenvalue weighted by Crippen LogP contribution is -2.30. The van der Waals surface area contributed by atoms with Crippen LogP contribution in [0.4, 0.5) is 4.79 Å². The third-order valence-corrected chi connectivity index (χ3v) is 4.62. The molecule has 0 spiro atoms. The molecule has 2 rings (SSSR count). The van der Waals surface area contributed by atoms with Gasteiger partial charge in [0.05, 0.1) is 0 Å². The number of carbonyl (C=O) groups excluding carboxylic acids is 1. The Morgan fingerprint density at radius 2 is 2.17 bits per heavy atom. The highest BCUT2D eigenvalue weighted by Gasteiger charge is 2.45. The van der Waals surface area contributed by atoms with E-state index < -0.39 is 6.09 Å². The third-order valence-electron chi connectivity index (χ3n) is 4.13. The maximum atomic E-state index is 11.1. The maximum absolute atomic E-state index is 11.1. The third kappa shape index (κ3) is 2.14. The number of rotatable bonds is 3. The van der Waals surface area contributed by atoms with Crippen molar-refractivity contribution in [1.82, 2.24) is 0 Å². The molecular weight excluding hydrogens is 294 g/mol. The fraction of sp³-hybridized carbons (Fsp3) is 0.500. The van der Waals surface area contributed by atoms with E-state index in [-0.39, 0.29) is 11.5 Å². The molecule has 1 atom stereocenters. The van der Waals surface area contributed by atoms with Gasteiger partial charge >= 0.3 is 6.09 Å². The lowest BCUT2D eigenvalue weighted by atomic mass is 9.77. The van der Waals surface area contributed by atoms with E-state index in [0.29, 0.717) is 0 Å². The second-order valence-corrected chi connectivity index (χ2v) is 5.82. The van der Waals surface area contributed by atoms with Crippen LogP contribution in [0.25, 0.3) is 0 Å². The van der Waals surface area contributed by atoms with Gasteiger partial charge in [-0.05, 0) is 42.5 Å². The van der Waals surface area contributed by atoms with Crippen molar-refractivity contribution in [2.24, 2.45) is 11.1 Å². The molecule has 98 valence electrons. The van der Waals surface area contributed by atoms with Crippen LogP contribution < -0.4 is 5.73 Å². The molecule has 18 heavy (non-hydrogen) atoms. The SMILES string of the molecule is CCC1(CC)Cc2cc(Br)ccc2C1OC(N)=O. The van der Waals surface area contributed by atoms with Crippen molar-refractivity contribution in [3.8, 4) is 0 Å². The Morgan fingerprint density at radius 1 is 1.50 bits per heavy atom. The molecule has 1 aliphatic carbocycles. The number of nitrogens with two attached hydrogens (primary N) is 1. The maximum Gasteiger partial charge on any atom is 0.405 e. The highest BCUT2D eigenvalue weighted by Crippen LogP contribution is 2.52. The predicted molar refractivity (Wildman–Crippen MR) is 74.3 cm³/mol. The molecule has 2 N–H and O–H groups in total. The van der Waals surface area contributed by atoms with Crippen molar-refractivity contribution < 1.29 is 9.53 Å². The molecule has 0 saturated carbocycles. The van der Waals surface area contributed by atoms with Crippen LogP contribution in [-0.4, -0.2) is 6.09 Å². The van der Waals surface area contributed by atoms with Crippen LogP contribution >= 0.6 is 15.9 Å². The van der Waals surface area contributed by atoms with Gasteiger partial charge in [0.25, 0.3) is 0 Å². The predicted octanol–water partition coefficient (Wildman–Crippen LogP) is 3.95. The number of primary amides is 1. The van der Waals surface area contributed by atoms with Crippen LogP contribution in [0.1, 0.15) is 43.9 Å². The normalized spacial score (nSPS) is 20.5. The second kappa shape index (κ2) is 4.92. The van der Waals surface area contributed by atoms with Gasteiger partial charge in [0, 0.05) is 9.89 Å². The highest BCUT2D eigenvalue weighted by molar-refractivity contribution is 9.10. The topological polar surface area (TPSA) is 52.3 Å². The van der Waals surface area contributed by atoms with Gasteiger partial charge in [0.2, 0.25) is 0 Å². The summed E-state index contributed by atoms with van der Waals surface area (Å²) in [4.78, 5) is 11.1. The summed E-state index contributed by atoms with van der Waals surface area (Å²) in [5, 5.41) is 0. The second-order valence-electron chi connectivity index (χ2n) is 4.91. The standard InChI is InChI=1S/C14H18BrNO2/c1-3-14(4-2)8-9-7-10(15)5-6-11(9)12(14)18-13(16)17/h5-7,12H,3-4,8H2,1-2H3,(H2,16,17). The van der Waals surface area contributed by atoms with Crippen LogP contribution in [0.5, 0.6) is 0 Å². The minimum Gasteiger partial charge on any atom is -0.441 e. The van der Waals surface area contributed by atoms with Gasteiger partial charge in [0.15, 0.2) is 0 Å². The van der Waals surface area contributed by atoms with E-state index in [2.05, 4.69) is 35.8 Å². The van der Waals surface area contributed by atoms with Crippen LogP contribution in [0.15, 0.2) is 22.7 Å². The summed E-state index contributed by atoms with van der Waals surface area (Å²) in [7, 11) is 0. The smallest absolute Gasteiger partial charge is 0.405 e. The summed E-state index contributed by atoms with van der Waals surface area (Å²) in [6.07, 6.45) is 1.96. The van der Waals surface area contributed by atoms with Gasteiger partial charge in [-0.15, -0.1) is 0 Å².